The maximum Gasteiger partial charge on any atom is 0.0759 e. The van der Waals surface area contributed by atoms with Gasteiger partial charge in [0.1, 0.15) is 0 Å². The molecule has 0 aliphatic rings. The minimum atomic E-state index is 0.0757. The number of aryl methyl sites for hydroxylation is 1. The molecule has 1 unspecified atom stereocenters. The minimum Gasteiger partial charge on any atom is -0.311 e. The van der Waals surface area contributed by atoms with Crippen LogP contribution in [0.25, 0.3) is 0 Å². The highest BCUT2D eigenvalue weighted by molar-refractivity contribution is 6.35. The van der Waals surface area contributed by atoms with Crippen LogP contribution in [0.5, 0.6) is 0 Å². The standard InChI is InChI=1S/C14H15Cl2N3/c1-9-7-19-14(8-18-9)13(17-2)5-10-3-4-11(15)6-12(10)16/h3-4,6-8,13,17H,5H2,1-2H3. The molecule has 100 valence electrons. The van der Waals surface area contributed by atoms with Crippen LogP contribution < -0.4 is 5.32 Å². The third-order valence-electron chi connectivity index (χ3n) is 2.95. The molecule has 0 bridgehead atoms. The fourth-order valence-electron chi connectivity index (χ4n) is 1.84. The van der Waals surface area contributed by atoms with Crippen LogP contribution in [0.3, 0.4) is 0 Å². The molecule has 1 heterocycles. The summed E-state index contributed by atoms with van der Waals surface area (Å²) in [4.78, 5) is 8.67. The van der Waals surface area contributed by atoms with Crippen molar-refractivity contribution in [2.24, 2.45) is 0 Å². The second kappa shape index (κ2) is 6.33. The smallest absolute Gasteiger partial charge is 0.0759 e. The van der Waals surface area contributed by atoms with E-state index in [0.29, 0.717) is 10.0 Å². The number of nitrogens with zero attached hydrogens (tertiary/aromatic N) is 2. The van der Waals surface area contributed by atoms with Crippen molar-refractivity contribution in [2.75, 3.05) is 7.05 Å². The average molecular weight is 296 g/mol. The molecule has 0 amide bonds. The van der Waals surface area contributed by atoms with Gasteiger partial charge in [0.05, 0.1) is 23.6 Å². The van der Waals surface area contributed by atoms with E-state index in [1.165, 1.54) is 0 Å². The Morgan fingerprint density at radius 1 is 1.21 bits per heavy atom. The van der Waals surface area contributed by atoms with Crippen molar-refractivity contribution in [3.05, 3.63) is 57.6 Å². The highest BCUT2D eigenvalue weighted by Gasteiger charge is 2.14. The second-order valence-corrected chi connectivity index (χ2v) is 5.21. The van der Waals surface area contributed by atoms with Crippen LogP contribution in [0, 0.1) is 6.92 Å². The van der Waals surface area contributed by atoms with Crippen molar-refractivity contribution in [1.29, 1.82) is 0 Å². The zero-order valence-corrected chi connectivity index (χ0v) is 12.3. The Balaban J connectivity index is 2.21. The summed E-state index contributed by atoms with van der Waals surface area (Å²) in [5.41, 5.74) is 2.84. The van der Waals surface area contributed by atoms with Gasteiger partial charge in [-0.15, -0.1) is 0 Å². The second-order valence-electron chi connectivity index (χ2n) is 4.36. The molecular formula is C14H15Cl2N3. The molecule has 1 atom stereocenters. The highest BCUT2D eigenvalue weighted by Crippen LogP contribution is 2.25. The fourth-order valence-corrected chi connectivity index (χ4v) is 2.33. The number of hydrogen-bond donors (Lipinski definition) is 1. The third-order valence-corrected chi connectivity index (χ3v) is 3.53. The van der Waals surface area contributed by atoms with Crippen molar-refractivity contribution < 1.29 is 0 Å². The number of benzene rings is 1. The van der Waals surface area contributed by atoms with Gasteiger partial charge in [-0.05, 0) is 38.1 Å². The number of hydrogen-bond acceptors (Lipinski definition) is 3. The van der Waals surface area contributed by atoms with E-state index in [4.69, 9.17) is 23.2 Å². The molecule has 0 saturated heterocycles. The van der Waals surface area contributed by atoms with Crippen molar-refractivity contribution in [1.82, 2.24) is 15.3 Å². The Kier molecular flexibility index (Phi) is 4.75. The van der Waals surface area contributed by atoms with Crippen LogP contribution in [-0.2, 0) is 6.42 Å². The first kappa shape index (κ1) is 14.3. The lowest BCUT2D eigenvalue weighted by molar-refractivity contribution is 0.572. The first-order chi connectivity index (χ1) is 9.10. The summed E-state index contributed by atoms with van der Waals surface area (Å²) in [7, 11) is 1.90. The third kappa shape index (κ3) is 3.66. The summed E-state index contributed by atoms with van der Waals surface area (Å²) >= 11 is 12.1. The van der Waals surface area contributed by atoms with Crippen molar-refractivity contribution >= 4 is 23.2 Å². The van der Waals surface area contributed by atoms with Crippen molar-refractivity contribution in [3.8, 4) is 0 Å². The van der Waals surface area contributed by atoms with Crippen LogP contribution in [0.1, 0.15) is 23.0 Å². The van der Waals surface area contributed by atoms with Crippen LogP contribution >= 0.6 is 23.2 Å². The molecule has 0 aliphatic carbocycles. The molecule has 0 saturated carbocycles. The summed E-state index contributed by atoms with van der Waals surface area (Å²) < 4.78 is 0. The first-order valence-electron chi connectivity index (χ1n) is 6.00. The van der Waals surface area contributed by atoms with Gasteiger partial charge in [-0.3, -0.25) is 9.97 Å². The monoisotopic (exact) mass is 295 g/mol. The topological polar surface area (TPSA) is 37.8 Å². The maximum atomic E-state index is 6.20. The Labute approximate surface area is 123 Å². The molecule has 1 aromatic heterocycles. The van der Waals surface area contributed by atoms with E-state index in [1.807, 2.05) is 26.1 Å². The zero-order valence-electron chi connectivity index (χ0n) is 10.8. The number of halogens is 2. The largest absolute Gasteiger partial charge is 0.311 e. The lowest BCUT2D eigenvalue weighted by Crippen LogP contribution is -2.20. The van der Waals surface area contributed by atoms with E-state index in [1.54, 1.807) is 18.5 Å². The molecule has 1 aromatic carbocycles. The Morgan fingerprint density at radius 3 is 2.58 bits per heavy atom. The van der Waals surface area contributed by atoms with E-state index < -0.39 is 0 Å². The van der Waals surface area contributed by atoms with E-state index in [9.17, 15) is 0 Å². The molecule has 0 spiro atoms. The highest BCUT2D eigenvalue weighted by atomic mass is 35.5. The first-order valence-corrected chi connectivity index (χ1v) is 6.75. The molecular weight excluding hydrogens is 281 g/mol. The van der Waals surface area contributed by atoms with Gasteiger partial charge in [-0.25, -0.2) is 0 Å². The van der Waals surface area contributed by atoms with Gasteiger partial charge in [-0.1, -0.05) is 29.3 Å². The molecule has 3 nitrogen and oxygen atoms in total. The number of aromatic nitrogens is 2. The molecule has 2 aromatic rings. The van der Waals surface area contributed by atoms with Crippen LogP contribution in [0.4, 0.5) is 0 Å². The maximum absolute atomic E-state index is 6.20. The summed E-state index contributed by atoms with van der Waals surface area (Å²) in [6, 6.07) is 5.62. The Bertz CT molecular complexity index is 555. The SMILES string of the molecule is CNC(Cc1ccc(Cl)cc1Cl)c1cnc(C)cn1. The van der Waals surface area contributed by atoms with Crippen molar-refractivity contribution in [3.63, 3.8) is 0 Å². The quantitative estimate of drug-likeness (QED) is 0.937. The van der Waals surface area contributed by atoms with Gasteiger partial charge < -0.3 is 5.32 Å². The summed E-state index contributed by atoms with van der Waals surface area (Å²) in [6.45, 7) is 1.92. The van der Waals surface area contributed by atoms with Gasteiger partial charge in [0.2, 0.25) is 0 Å². The fraction of sp³-hybridized carbons (Fsp3) is 0.286. The number of nitrogens with one attached hydrogen (secondary N) is 1. The van der Waals surface area contributed by atoms with E-state index >= 15 is 0 Å². The zero-order chi connectivity index (χ0) is 13.8. The normalized spacial score (nSPS) is 12.4. The molecule has 0 radical (unpaired) electrons. The lowest BCUT2D eigenvalue weighted by Gasteiger charge is -2.16. The van der Waals surface area contributed by atoms with E-state index in [2.05, 4.69) is 15.3 Å². The molecule has 1 N–H and O–H groups in total. The summed E-state index contributed by atoms with van der Waals surface area (Å²) in [5, 5.41) is 4.55. The molecule has 5 heteroatoms. The summed E-state index contributed by atoms with van der Waals surface area (Å²) in [5.74, 6) is 0. The molecule has 0 aliphatic heterocycles. The molecule has 2 rings (SSSR count). The van der Waals surface area contributed by atoms with Gasteiger partial charge >= 0.3 is 0 Å². The molecule has 19 heavy (non-hydrogen) atoms. The lowest BCUT2D eigenvalue weighted by atomic mass is 10.0. The predicted molar refractivity (Wildman–Crippen MR) is 78.7 cm³/mol. The minimum absolute atomic E-state index is 0.0757. The Hall–Kier alpha value is -1.16. The van der Waals surface area contributed by atoms with E-state index in [0.717, 1.165) is 23.4 Å². The van der Waals surface area contributed by atoms with Crippen LogP contribution in [0.2, 0.25) is 10.0 Å². The van der Waals surface area contributed by atoms with Gasteiger partial charge in [-0.2, -0.15) is 0 Å². The molecule has 0 fully saturated rings. The van der Waals surface area contributed by atoms with Gasteiger partial charge in [0.25, 0.3) is 0 Å². The predicted octanol–water partition coefficient (Wildman–Crippen LogP) is 3.60. The van der Waals surface area contributed by atoms with Crippen LogP contribution in [0.15, 0.2) is 30.6 Å². The Morgan fingerprint density at radius 2 is 2.00 bits per heavy atom. The summed E-state index contributed by atoms with van der Waals surface area (Å²) in [6.07, 6.45) is 4.30. The van der Waals surface area contributed by atoms with Gasteiger partial charge in [0.15, 0.2) is 0 Å². The number of rotatable bonds is 4. The van der Waals surface area contributed by atoms with E-state index in [-0.39, 0.29) is 6.04 Å². The average Bonchev–Trinajstić information content (AvgIpc) is 2.39. The number of likely N-dealkylation sites (N-methyl/N-ethyl adjacent to an activating group) is 1. The van der Waals surface area contributed by atoms with Gasteiger partial charge in [0, 0.05) is 16.2 Å². The van der Waals surface area contributed by atoms with Crippen molar-refractivity contribution in [2.45, 2.75) is 19.4 Å². The van der Waals surface area contributed by atoms with Crippen LogP contribution in [-0.4, -0.2) is 17.0 Å².